The predicted molar refractivity (Wildman–Crippen MR) is 98.3 cm³/mol. The number of rotatable bonds is 5. The minimum Gasteiger partial charge on any atom is -0.481 e. The Morgan fingerprint density at radius 3 is 2.58 bits per heavy atom. The number of hydrogen-bond donors (Lipinski definition) is 1. The molecule has 0 unspecified atom stereocenters. The number of carboxylic acid groups (broad SMARTS) is 1. The zero-order chi connectivity index (χ0) is 18.5. The number of carboxylic acids is 1. The Labute approximate surface area is 149 Å². The number of aromatic nitrogens is 2. The molecule has 0 spiro atoms. The van der Waals surface area contributed by atoms with Crippen LogP contribution in [0, 0.1) is 11.3 Å². The maximum atomic E-state index is 12.7. The van der Waals surface area contributed by atoms with E-state index in [1.165, 1.54) is 4.57 Å². The molecule has 0 radical (unpaired) electrons. The molecule has 6 heteroatoms. The van der Waals surface area contributed by atoms with Crippen LogP contribution in [0.1, 0.15) is 23.4 Å². The van der Waals surface area contributed by atoms with Crippen LogP contribution in [0.3, 0.4) is 0 Å². The molecule has 26 heavy (non-hydrogen) atoms. The first kappa shape index (κ1) is 17.1. The van der Waals surface area contributed by atoms with Gasteiger partial charge < -0.3 is 5.11 Å². The second kappa shape index (κ2) is 7.45. The van der Waals surface area contributed by atoms with Gasteiger partial charge in [0.05, 0.1) is 29.0 Å². The summed E-state index contributed by atoms with van der Waals surface area (Å²) in [5, 5.41) is 18.2. The molecule has 1 N–H and O–H groups in total. The van der Waals surface area contributed by atoms with E-state index in [4.69, 9.17) is 10.4 Å². The van der Waals surface area contributed by atoms with Gasteiger partial charge in [-0.15, -0.1) is 0 Å². The second-order valence-electron chi connectivity index (χ2n) is 5.65. The number of hydrogen-bond acceptors (Lipinski definition) is 4. The van der Waals surface area contributed by atoms with Crippen molar-refractivity contribution in [2.45, 2.75) is 13.0 Å². The van der Waals surface area contributed by atoms with Crippen LogP contribution in [0.25, 0.3) is 23.1 Å². The highest BCUT2D eigenvalue weighted by molar-refractivity contribution is 5.79. The maximum absolute atomic E-state index is 12.7. The van der Waals surface area contributed by atoms with Crippen molar-refractivity contribution in [2.75, 3.05) is 0 Å². The lowest BCUT2D eigenvalue weighted by molar-refractivity contribution is -0.137. The molecule has 0 fully saturated rings. The van der Waals surface area contributed by atoms with E-state index in [2.05, 4.69) is 11.1 Å². The first-order valence-corrected chi connectivity index (χ1v) is 7.98. The van der Waals surface area contributed by atoms with Crippen molar-refractivity contribution >= 4 is 29.0 Å². The number of nitrogens with zero attached hydrogens (tertiary/aromatic N) is 3. The summed E-state index contributed by atoms with van der Waals surface area (Å²) in [6.45, 7) is 0.0407. The summed E-state index contributed by atoms with van der Waals surface area (Å²) >= 11 is 0. The van der Waals surface area contributed by atoms with Crippen LogP contribution < -0.4 is 5.56 Å². The first-order chi connectivity index (χ1) is 12.6. The van der Waals surface area contributed by atoms with Crippen molar-refractivity contribution < 1.29 is 9.90 Å². The molecule has 6 nitrogen and oxygen atoms in total. The van der Waals surface area contributed by atoms with Gasteiger partial charge in [0.2, 0.25) is 0 Å². The molecule has 2 aromatic carbocycles. The highest BCUT2D eigenvalue weighted by atomic mass is 16.4. The van der Waals surface area contributed by atoms with Gasteiger partial charge >= 0.3 is 5.97 Å². The molecule has 0 saturated heterocycles. The van der Waals surface area contributed by atoms with Crippen LogP contribution >= 0.6 is 0 Å². The molecule has 128 valence electrons. The van der Waals surface area contributed by atoms with Crippen LogP contribution in [0.15, 0.2) is 53.3 Å². The number of para-hydroxylation sites is 1. The topological polar surface area (TPSA) is 96.0 Å². The zero-order valence-electron chi connectivity index (χ0n) is 13.8. The molecular weight excluding hydrogens is 330 g/mol. The van der Waals surface area contributed by atoms with E-state index in [0.29, 0.717) is 22.3 Å². The Bertz CT molecular complexity index is 1090. The van der Waals surface area contributed by atoms with Crippen molar-refractivity contribution in [2.24, 2.45) is 0 Å². The number of benzene rings is 2. The average molecular weight is 345 g/mol. The summed E-state index contributed by atoms with van der Waals surface area (Å²) in [6, 6.07) is 16.0. The second-order valence-corrected chi connectivity index (χ2v) is 5.65. The number of carbonyl (C=O) groups is 1. The van der Waals surface area contributed by atoms with E-state index < -0.39 is 5.97 Å². The van der Waals surface area contributed by atoms with Gasteiger partial charge in [-0.05, 0) is 35.9 Å². The van der Waals surface area contributed by atoms with Gasteiger partial charge in [0.25, 0.3) is 5.56 Å². The lowest BCUT2D eigenvalue weighted by Gasteiger charge is -2.10. The lowest BCUT2D eigenvalue weighted by Crippen LogP contribution is -2.25. The number of fused-ring (bicyclic) bond motifs is 1. The van der Waals surface area contributed by atoms with E-state index in [-0.39, 0.29) is 18.5 Å². The third kappa shape index (κ3) is 3.68. The Kier molecular flexibility index (Phi) is 4.90. The third-order valence-corrected chi connectivity index (χ3v) is 3.91. The SMILES string of the molecule is N#Cc1ccc(/C=C/c2nc3ccccc3c(=O)n2CCC(=O)O)cc1. The minimum atomic E-state index is -0.980. The van der Waals surface area contributed by atoms with Crippen molar-refractivity contribution in [3.05, 3.63) is 75.8 Å². The molecule has 0 bridgehead atoms. The third-order valence-electron chi connectivity index (χ3n) is 3.91. The fourth-order valence-corrected chi connectivity index (χ4v) is 2.58. The Balaban J connectivity index is 2.05. The monoisotopic (exact) mass is 345 g/mol. The summed E-state index contributed by atoms with van der Waals surface area (Å²) in [5.41, 5.74) is 1.69. The summed E-state index contributed by atoms with van der Waals surface area (Å²) in [4.78, 5) is 28.1. The fourth-order valence-electron chi connectivity index (χ4n) is 2.58. The summed E-state index contributed by atoms with van der Waals surface area (Å²) in [7, 11) is 0. The molecule has 1 aromatic heterocycles. The van der Waals surface area contributed by atoms with E-state index >= 15 is 0 Å². The summed E-state index contributed by atoms with van der Waals surface area (Å²) in [6.07, 6.45) is 3.28. The van der Waals surface area contributed by atoms with Crippen LogP contribution in [-0.4, -0.2) is 20.6 Å². The average Bonchev–Trinajstić information content (AvgIpc) is 2.66. The Morgan fingerprint density at radius 1 is 1.15 bits per heavy atom. The molecule has 0 aliphatic rings. The highest BCUT2D eigenvalue weighted by Gasteiger charge is 2.10. The van der Waals surface area contributed by atoms with Crippen LogP contribution in [0.4, 0.5) is 0 Å². The summed E-state index contributed by atoms with van der Waals surface area (Å²) < 4.78 is 1.37. The van der Waals surface area contributed by atoms with Crippen LogP contribution in [-0.2, 0) is 11.3 Å². The predicted octanol–water partition coefficient (Wildman–Crippen LogP) is 2.91. The summed E-state index contributed by atoms with van der Waals surface area (Å²) in [5.74, 6) is -0.591. The van der Waals surface area contributed by atoms with Gasteiger partial charge in [0.15, 0.2) is 0 Å². The minimum absolute atomic E-state index is 0.0407. The molecule has 3 aromatic rings. The molecule has 3 rings (SSSR count). The maximum Gasteiger partial charge on any atom is 0.305 e. The highest BCUT2D eigenvalue weighted by Crippen LogP contribution is 2.12. The van der Waals surface area contributed by atoms with Gasteiger partial charge in [-0.3, -0.25) is 14.2 Å². The van der Waals surface area contributed by atoms with Gasteiger partial charge in [-0.1, -0.05) is 30.3 Å². The van der Waals surface area contributed by atoms with Crippen molar-refractivity contribution in [1.29, 1.82) is 5.26 Å². The standard InChI is InChI=1S/C20H15N3O3/c21-13-15-7-5-14(6-8-15)9-10-18-22-17-4-2-1-3-16(17)20(26)23(18)12-11-19(24)25/h1-10H,11-12H2,(H,24,25)/b10-9+. The number of nitriles is 1. The fraction of sp³-hybridized carbons (Fsp3) is 0.100. The van der Waals surface area contributed by atoms with Crippen LogP contribution in [0.5, 0.6) is 0 Å². The van der Waals surface area contributed by atoms with Gasteiger partial charge in [-0.25, -0.2) is 4.98 Å². The largest absolute Gasteiger partial charge is 0.481 e. The normalized spacial score (nSPS) is 10.9. The first-order valence-electron chi connectivity index (χ1n) is 7.98. The van der Waals surface area contributed by atoms with Gasteiger partial charge in [0.1, 0.15) is 5.82 Å². The van der Waals surface area contributed by atoms with Crippen molar-refractivity contribution in [1.82, 2.24) is 9.55 Å². The van der Waals surface area contributed by atoms with Gasteiger partial charge in [0, 0.05) is 6.54 Å². The molecule has 1 heterocycles. The zero-order valence-corrected chi connectivity index (χ0v) is 13.8. The van der Waals surface area contributed by atoms with Gasteiger partial charge in [-0.2, -0.15) is 5.26 Å². The van der Waals surface area contributed by atoms with E-state index in [0.717, 1.165) is 5.56 Å². The molecule has 0 atom stereocenters. The quantitative estimate of drug-likeness (QED) is 0.767. The van der Waals surface area contributed by atoms with E-state index in [1.54, 1.807) is 60.7 Å². The van der Waals surface area contributed by atoms with E-state index in [9.17, 15) is 9.59 Å². The Morgan fingerprint density at radius 2 is 1.88 bits per heavy atom. The smallest absolute Gasteiger partial charge is 0.305 e. The molecular formula is C20H15N3O3. The number of aliphatic carboxylic acids is 1. The van der Waals surface area contributed by atoms with Crippen molar-refractivity contribution in [3.8, 4) is 6.07 Å². The molecule has 0 aliphatic heterocycles. The van der Waals surface area contributed by atoms with Crippen molar-refractivity contribution in [3.63, 3.8) is 0 Å². The molecule has 0 aliphatic carbocycles. The molecule has 0 amide bonds. The molecule has 0 saturated carbocycles. The Hall–Kier alpha value is -3.72. The van der Waals surface area contributed by atoms with Crippen LogP contribution in [0.2, 0.25) is 0 Å². The van der Waals surface area contributed by atoms with E-state index in [1.807, 2.05) is 0 Å². The lowest BCUT2D eigenvalue weighted by atomic mass is 10.1.